The Hall–Kier alpha value is -2.05. The molecule has 0 heterocycles. The van der Waals surface area contributed by atoms with E-state index < -0.39 is 16.0 Å². The Morgan fingerprint density at radius 2 is 1.74 bits per heavy atom. The molecule has 7 heteroatoms. The average molecular weight is 354 g/mol. The molecule has 5 nitrogen and oxygen atoms in total. The topological polar surface area (TPSA) is 74.7 Å². The van der Waals surface area contributed by atoms with Crippen molar-refractivity contribution in [2.75, 3.05) is 10.1 Å². The lowest BCUT2D eigenvalue weighted by Gasteiger charge is -2.25. The lowest BCUT2D eigenvalue weighted by Crippen LogP contribution is -2.33. The third kappa shape index (κ3) is 3.83. The summed E-state index contributed by atoms with van der Waals surface area (Å²) >= 11 is 6.11. The van der Waals surface area contributed by atoms with Gasteiger partial charge >= 0.3 is 5.97 Å². The maximum absolute atomic E-state index is 12.5. The minimum atomic E-state index is -3.67. The molecule has 0 radical (unpaired) electrons. The van der Waals surface area contributed by atoms with Gasteiger partial charge in [0, 0.05) is 5.02 Å². The van der Waals surface area contributed by atoms with Gasteiger partial charge in [0.2, 0.25) is 10.0 Å². The van der Waals surface area contributed by atoms with E-state index in [1.54, 1.807) is 36.4 Å². The molecule has 2 rings (SSSR count). The highest BCUT2D eigenvalue weighted by Crippen LogP contribution is 2.27. The van der Waals surface area contributed by atoms with Crippen LogP contribution in [0.1, 0.15) is 22.8 Å². The Morgan fingerprint density at radius 3 is 2.35 bits per heavy atom. The molecule has 0 aliphatic rings. The number of para-hydroxylation sites is 1. The van der Waals surface area contributed by atoms with E-state index >= 15 is 0 Å². The summed E-state index contributed by atoms with van der Waals surface area (Å²) in [7, 11) is -3.67. The number of carboxylic acid groups (broad SMARTS) is 1. The van der Waals surface area contributed by atoms with Gasteiger partial charge in [-0.05, 0) is 30.7 Å². The fraction of sp³-hybridized carbons (Fsp3) is 0.188. The number of rotatable bonds is 6. The van der Waals surface area contributed by atoms with Gasteiger partial charge in [-0.15, -0.1) is 0 Å². The molecule has 0 saturated heterocycles. The van der Waals surface area contributed by atoms with Crippen LogP contribution in [0, 0.1) is 0 Å². The normalized spacial score (nSPS) is 11.2. The Kier molecular flexibility index (Phi) is 5.28. The summed E-state index contributed by atoms with van der Waals surface area (Å²) in [5, 5.41) is 9.75. The number of hydrogen-bond acceptors (Lipinski definition) is 3. The Bertz CT molecular complexity index is 820. The molecule has 0 unspecified atom stereocenters. The monoisotopic (exact) mass is 353 g/mol. The van der Waals surface area contributed by atoms with Crippen molar-refractivity contribution in [2.24, 2.45) is 0 Å². The van der Waals surface area contributed by atoms with Gasteiger partial charge < -0.3 is 5.11 Å². The van der Waals surface area contributed by atoms with Gasteiger partial charge in [0.25, 0.3) is 0 Å². The van der Waals surface area contributed by atoms with E-state index in [2.05, 4.69) is 0 Å². The van der Waals surface area contributed by atoms with Crippen molar-refractivity contribution in [2.45, 2.75) is 13.5 Å². The summed E-state index contributed by atoms with van der Waals surface area (Å²) in [5.74, 6) is -1.33. The first-order chi connectivity index (χ1) is 10.9. The van der Waals surface area contributed by atoms with Crippen molar-refractivity contribution in [3.63, 3.8) is 0 Å². The van der Waals surface area contributed by atoms with Crippen LogP contribution < -0.4 is 4.31 Å². The van der Waals surface area contributed by atoms with Gasteiger partial charge in [0.15, 0.2) is 0 Å². The van der Waals surface area contributed by atoms with E-state index in [4.69, 9.17) is 11.6 Å². The molecule has 1 N–H and O–H groups in total. The quantitative estimate of drug-likeness (QED) is 0.863. The predicted molar refractivity (Wildman–Crippen MR) is 90.5 cm³/mol. The average Bonchev–Trinajstić information content (AvgIpc) is 2.54. The molecule has 0 aliphatic carbocycles. The minimum Gasteiger partial charge on any atom is -0.478 e. The lowest BCUT2D eigenvalue weighted by atomic mass is 10.1. The van der Waals surface area contributed by atoms with Gasteiger partial charge in [-0.25, -0.2) is 13.2 Å². The molecule has 0 amide bonds. The maximum Gasteiger partial charge on any atom is 0.337 e. The molecular weight excluding hydrogens is 338 g/mol. The number of hydrogen-bond donors (Lipinski definition) is 1. The number of anilines is 1. The van der Waals surface area contributed by atoms with Gasteiger partial charge in [0.05, 0.1) is 23.5 Å². The number of carbonyl (C=O) groups is 1. The standard InChI is InChI=1S/C16H16ClNO4S/c1-2-23(21,22)18(11-12-7-3-5-9-14(12)17)15-10-6-4-8-13(15)16(19)20/h3-10H,2,11H2,1H3,(H,19,20). The summed E-state index contributed by atoms with van der Waals surface area (Å²) in [5.41, 5.74) is 0.657. The van der Waals surface area contributed by atoms with Crippen LogP contribution in [0.15, 0.2) is 48.5 Å². The number of carboxylic acids is 1. The first-order valence-electron chi connectivity index (χ1n) is 6.93. The second kappa shape index (κ2) is 7.02. The van der Waals surface area contributed by atoms with Gasteiger partial charge in [-0.3, -0.25) is 4.31 Å². The third-order valence-electron chi connectivity index (χ3n) is 3.38. The van der Waals surface area contributed by atoms with E-state index in [0.29, 0.717) is 10.6 Å². The summed E-state index contributed by atoms with van der Waals surface area (Å²) in [6, 6.07) is 12.9. The zero-order chi connectivity index (χ0) is 17.0. The SMILES string of the molecule is CCS(=O)(=O)N(Cc1ccccc1Cl)c1ccccc1C(=O)O. The molecule has 2 aromatic rings. The minimum absolute atomic E-state index is 0.0276. The molecule has 2 aromatic carbocycles. The second-order valence-corrected chi connectivity index (χ2v) is 7.41. The molecule has 0 bridgehead atoms. The predicted octanol–water partition coefficient (Wildman–Crippen LogP) is 3.39. The van der Waals surface area contributed by atoms with Gasteiger partial charge in [0.1, 0.15) is 0 Å². The van der Waals surface area contributed by atoms with E-state index in [9.17, 15) is 18.3 Å². The summed E-state index contributed by atoms with van der Waals surface area (Å²) < 4.78 is 26.1. The van der Waals surface area contributed by atoms with Crippen LogP contribution in [0.2, 0.25) is 5.02 Å². The molecule has 0 spiro atoms. The summed E-state index contributed by atoms with van der Waals surface area (Å²) in [4.78, 5) is 11.4. The third-order valence-corrected chi connectivity index (χ3v) is 5.47. The van der Waals surface area contributed by atoms with E-state index in [0.717, 1.165) is 4.31 Å². The van der Waals surface area contributed by atoms with Gasteiger partial charge in [-0.1, -0.05) is 41.9 Å². The van der Waals surface area contributed by atoms with Crippen LogP contribution in [0.25, 0.3) is 0 Å². The molecular formula is C16H16ClNO4S. The van der Waals surface area contributed by atoms with Crippen molar-refractivity contribution in [3.8, 4) is 0 Å². The number of benzene rings is 2. The summed E-state index contributed by atoms with van der Waals surface area (Å²) in [6.45, 7) is 1.48. The zero-order valence-electron chi connectivity index (χ0n) is 12.4. The first-order valence-corrected chi connectivity index (χ1v) is 8.91. The second-order valence-electron chi connectivity index (χ2n) is 4.82. The molecule has 122 valence electrons. The molecule has 0 aromatic heterocycles. The molecule has 0 saturated carbocycles. The van der Waals surface area contributed by atoms with E-state index in [-0.39, 0.29) is 23.5 Å². The van der Waals surface area contributed by atoms with Crippen LogP contribution in [0.5, 0.6) is 0 Å². The van der Waals surface area contributed by atoms with Crippen molar-refractivity contribution >= 4 is 33.3 Å². The number of nitrogens with zero attached hydrogens (tertiary/aromatic N) is 1. The van der Waals surface area contributed by atoms with Crippen LogP contribution >= 0.6 is 11.6 Å². The van der Waals surface area contributed by atoms with Crippen molar-refractivity contribution in [1.29, 1.82) is 0 Å². The van der Waals surface area contributed by atoms with Crippen molar-refractivity contribution < 1.29 is 18.3 Å². The van der Waals surface area contributed by atoms with E-state index in [1.807, 2.05) is 0 Å². The Labute approximate surface area is 140 Å². The van der Waals surface area contributed by atoms with Gasteiger partial charge in [-0.2, -0.15) is 0 Å². The first kappa shape index (κ1) is 17.3. The number of halogens is 1. The van der Waals surface area contributed by atoms with Crippen LogP contribution in [0.3, 0.4) is 0 Å². The van der Waals surface area contributed by atoms with Crippen molar-refractivity contribution in [1.82, 2.24) is 0 Å². The van der Waals surface area contributed by atoms with Crippen LogP contribution in [-0.4, -0.2) is 25.2 Å². The molecule has 0 aliphatic heterocycles. The smallest absolute Gasteiger partial charge is 0.337 e. The van der Waals surface area contributed by atoms with Crippen molar-refractivity contribution in [3.05, 3.63) is 64.7 Å². The maximum atomic E-state index is 12.5. The Balaban J connectivity index is 2.57. The largest absolute Gasteiger partial charge is 0.478 e. The van der Waals surface area contributed by atoms with Crippen LogP contribution in [-0.2, 0) is 16.6 Å². The van der Waals surface area contributed by atoms with E-state index in [1.165, 1.54) is 19.1 Å². The highest BCUT2D eigenvalue weighted by atomic mass is 35.5. The zero-order valence-corrected chi connectivity index (χ0v) is 14.0. The Morgan fingerprint density at radius 1 is 1.13 bits per heavy atom. The number of aromatic carboxylic acids is 1. The number of sulfonamides is 1. The molecule has 0 fully saturated rings. The fourth-order valence-corrected chi connectivity index (χ4v) is 3.44. The molecule has 23 heavy (non-hydrogen) atoms. The summed E-state index contributed by atoms with van der Waals surface area (Å²) in [6.07, 6.45) is 0. The lowest BCUT2D eigenvalue weighted by molar-refractivity contribution is 0.0697. The highest BCUT2D eigenvalue weighted by molar-refractivity contribution is 7.92. The fourth-order valence-electron chi connectivity index (χ4n) is 2.14. The highest BCUT2D eigenvalue weighted by Gasteiger charge is 2.25. The van der Waals surface area contributed by atoms with Crippen LogP contribution in [0.4, 0.5) is 5.69 Å². The molecule has 0 atom stereocenters.